The van der Waals surface area contributed by atoms with Crippen LogP contribution in [0.3, 0.4) is 0 Å². The monoisotopic (exact) mass is 239 g/mol. The van der Waals surface area contributed by atoms with Gasteiger partial charge in [-0.3, -0.25) is 4.79 Å². The molecular weight excluding hydrogens is 218 g/mol. The van der Waals surface area contributed by atoms with Gasteiger partial charge in [-0.25, -0.2) is 0 Å². The number of hydrogen-bond acceptors (Lipinski definition) is 3. The van der Waals surface area contributed by atoms with Gasteiger partial charge in [-0.1, -0.05) is 13.8 Å². The summed E-state index contributed by atoms with van der Waals surface area (Å²) in [5.74, 6) is 0.907. The first-order valence-corrected chi connectivity index (χ1v) is 6.06. The maximum atomic E-state index is 11.8. The molecule has 0 spiro atoms. The van der Waals surface area contributed by atoms with Crippen LogP contribution in [0.15, 0.2) is 22.8 Å². The highest BCUT2D eigenvalue weighted by Gasteiger charge is 2.18. The lowest BCUT2D eigenvalue weighted by Crippen LogP contribution is -2.33. The first kappa shape index (κ1) is 13.8. The van der Waals surface area contributed by atoms with Crippen molar-refractivity contribution in [3.63, 3.8) is 0 Å². The van der Waals surface area contributed by atoms with Gasteiger partial charge in [0, 0.05) is 13.0 Å². The second-order valence-corrected chi connectivity index (χ2v) is 4.00. The minimum atomic E-state index is -0.219. The van der Waals surface area contributed by atoms with Crippen LogP contribution in [0, 0.1) is 5.92 Å². The summed E-state index contributed by atoms with van der Waals surface area (Å²) in [7, 11) is 1.61. The number of amides is 1. The molecule has 0 saturated carbocycles. The van der Waals surface area contributed by atoms with E-state index in [9.17, 15) is 4.79 Å². The summed E-state index contributed by atoms with van der Waals surface area (Å²) in [5.41, 5.74) is 0. The Kier molecular flexibility index (Phi) is 5.77. The van der Waals surface area contributed by atoms with Gasteiger partial charge in [0.1, 0.15) is 11.9 Å². The lowest BCUT2D eigenvalue weighted by molar-refractivity contribution is -0.125. The molecule has 4 nitrogen and oxygen atoms in total. The molecule has 1 amide bonds. The predicted molar refractivity (Wildman–Crippen MR) is 65.5 cm³/mol. The van der Waals surface area contributed by atoms with Crippen LogP contribution in [-0.4, -0.2) is 19.6 Å². The largest absolute Gasteiger partial charge is 0.467 e. The Balaban J connectivity index is 2.46. The van der Waals surface area contributed by atoms with E-state index in [2.05, 4.69) is 5.32 Å². The zero-order valence-electron chi connectivity index (χ0n) is 10.7. The van der Waals surface area contributed by atoms with Crippen molar-refractivity contribution in [2.75, 3.05) is 13.7 Å². The van der Waals surface area contributed by atoms with E-state index in [0.717, 1.165) is 18.6 Å². The van der Waals surface area contributed by atoms with Crippen molar-refractivity contribution in [2.24, 2.45) is 5.92 Å². The maximum Gasteiger partial charge on any atom is 0.223 e. The molecule has 0 radical (unpaired) electrons. The smallest absolute Gasteiger partial charge is 0.223 e. The minimum Gasteiger partial charge on any atom is -0.467 e. The van der Waals surface area contributed by atoms with Gasteiger partial charge in [-0.2, -0.15) is 0 Å². The van der Waals surface area contributed by atoms with Crippen LogP contribution >= 0.6 is 0 Å². The summed E-state index contributed by atoms with van der Waals surface area (Å²) in [4.78, 5) is 11.8. The number of furan rings is 1. The normalized spacial score (nSPS) is 12.7. The molecule has 1 aromatic heterocycles. The fraction of sp³-hybridized carbons (Fsp3) is 0.615. The standard InChI is InChI=1S/C13H21NO3/c1-4-10(5-2)13(15)14-9-12(16-3)11-7-6-8-17-11/h6-8,10,12H,4-5,9H2,1-3H3,(H,14,15). The van der Waals surface area contributed by atoms with Crippen molar-refractivity contribution in [1.29, 1.82) is 0 Å². The van der Waals surface area contributed by atoms with Crippen molar-refractivity contribution in [3.05, 3.63) is 24.2 Å². The van der Waals surface area contributed by atoms with Crippen molar-refractivity contribution < 1.29 is 13.9 Å². The number of methoxy groups -OCH3 is 1. The number of rotatable bonds is 7. The topological polar surface area (TPSA) is 51.5 Å². The average Bonchev–Trinajstić information content (AvgIpc) is 2.85. The van der Waals surface area contributed by atoms with Gasteiger partial charge < -0.3 is 14.5 Å². The second-order valence-electron chi connectivity index (χ2n) is 4.00. The molecule has 17 heavy (non-hydrogen) atoms. The van der Waals surface area contributed by atoms with Gasteiger partial charge in [0.15, 0.2) is 0 Å². The number of carbonyl (C=O) groups is 1. The third-order valence-electron chi connectivity index (χ3n) is 2.96. The van der Waals surface area contributed by atoms with E-state index in [1.165, 1.54) is 0 Å². The van der Waals surface area contributed by atoms with Crippen molar-refractivity contribution in [2.45, 2.75) is 32.8 Å². The number of carbonyl (C=O) groups excluding carboxylic acids is 1. The Hall–Kier alpha value is -1.29. The number of nitrogens with one attached hydrogen (secondary N) is 1. The third-order valence-corrected chi connectivity index (χ3v) is 2.96. The van der Waals surface area contributed by atoms with Crippen molar-refractivity contribution in [3.8, 4) is 0 Å². The van der Waals surface area contributed by atoms with Crippen LogP contribution in [-0.2, 0) is 9.53 Å². The summed E-state index contributed by atoms with van der Waals surface area (Å²) >= 11 is 0. The van der Waals surface area contributed by atoms with Crippen molar-refractivity contribution >= 4 is 5.91 Å². The molecule has 0 aliphatic carbocycles. The SMILES string of the molecule is CCC(CC)C(=O)NCC(OC)c1ccco1. The second kappa shape index (κ2) is 7.12. The lowest BCUT2D eigenvalue weighted by atomic mass is 10.0. The highest BCUT2D eigenvalue weighted by atomic mass is 16.5. The first-order chi connectivity index (χ1) is 8.22. The Labute approximate surface area is 102 Å². The number of ether oxygens (including phenoxy) is 1. The molecule has 4 heteroatoms. The van der Waals surface area contributed by atoms with E-state index < -0.39 is 0 Å². The molecule has 0 saturated heterocycles. The quantitative estimate of drug-likeness (QED) is 0.795. The maximum absolute atomic E-state index is 11.8. The molecule has 1 N–H and O–H groups in total. The molecule has 0 aliphatic rings. The highest BCUT2D eigenvalue weighted by Crippen LogP contribution is 2.16. The summed E-state index contributed by atoms with van der Waals surface area (Å²) in [6.45, 7) is 4.49. The average molecular weight is 239 g/mol. The molecular formula is C13H21NO3. The van der Waals surface area contributed by atoms with Crippen molar-refractivity contribution in [1.82, 2.24) is 5.32 Å². The molecule has 96 valence electrons. The van der Waals surface area contributed by atoms with E-state index in [-0.39, 0.29) is 17.9 Å². The van der Waals surface area contributed by atoms with E-state index in [4.69, 9.17) is 9.15 Å². The van der Waals surface area contributed by atoms with E-state index in [1.807, 2.05) is 26.0 Å². The van der Waals surface area contributed by atoms with Crippen LogP contribution < -0.4 is 5.32 Å². The van der Waals surface area contributed by atoms with Crippen LogP contribution in [0.1, 0.15) is 38.6 Å². The van der Waals surface area contributed by atoms with Crippen LogP contribution in [0.25, 0.3) is 0 Å². The van der Waals surface area contributed by atoms with Gasteiger partial charge in [-0.05, 0) is 25.0 Å². The molecule has 1 heterocycles. The molecule has 1 atom stereocenters. The lowest BCUT2D eigenvalue weighted by Gasteiger charge is -2.17. The molecule has 0 aromatic carbocycles. The van der Waals surface area contributed by atoms with Gasteiger partial charge in [-0.15, -0.1) is 0 Å². The highest BCUT2D eigenvalue weighted by molar-refractivity contribution is 5.78. The Morgan fingerprint density at radius 2 is 2.18 bits per heavy atom. The molecule has 0 fully saturated rings. The fourth-order valence-electron chi connectivity index (χ4n) is 1.77. The van der Waals surface area contributed by atoms with Crippen LogP contribution in [0.2, 0.25) is 0 Å². The Morgan fingerprint density at radius 3 is 2.65 bits per heavy atom. The van der Waals surface area contributed by atoms with E-state index in [0.29, 0.717) is 6.54 Å². The van der Waals surface area contributed by atoms with Gasteiger partial charge >= 0.3 is 0 Å². The summed E-state index contributed by atoms with van der Waals surface area (Å²) in [5, 5.41) is 2.90. The summed E-state index contributed by atoms with van der Waals surface area (Å²) < 4.78 is 10.5. The minimum absolute atomic E-state index is 0.0867. The van der Waals surface area contributed by atoms with Gasteiger partial charge in [0.25, 0.3) is 0 Å². The molecule has 1 rings (SSSR count). The Bertz CT molecular complexity index is 317. The molecule has 1 aromatic rings. The first-order valence-electron chi connectivity index (χ1n) is 6.06. The van der Waals surface area contributed by atoms with Crippen LogP contribution in [0.4, 0.5) is 0 Å². The third kappa shape index (κ3) is 3.89. The number of hydrogen-bond donors (Lipinski definition) is 1. The zero-order valence-corrected chi connectivity index (χ0v) is 10.7. The van der Waals surface area contributed by atoms with Crippen LogP contribution in [0.5, 0.6) is 0 Å². The Morgan fingerprint density at radius 1 is 1.47 bits per heavy atom. The van der Waals surface area contributed by atoms with E-state index >= 15 is 0 Å². The summed E-state index contributed by atoms with van der Waals surface area (Å²) in [6, 6.07) is 3.65. The van der Waals surface area contributed by atoms with Gasteiger partial charge in [0.05, 0.1) is 12.8 Å². The van der Waals surface area contributed by atoms with Gasteiger partial charge in [0.2, 0.25) is 5.91 Å². The van der Waals surface area contributed by atoms with E-state index in [1.54, 1.807) is 13.4 Å². The predicted octanol–water partition coefficient (Wildman–Crippen LogP) is 2.52. The summed E-state index contributed by atoms with van der Waals surface area (Å²) in [6.07, 6.45) is 3.11. The molecule has 0 bridgehead atoms. The fourth-order valence-corrected chi connectivity index (χ4v) is 1.77. The zero-order chi connectivity index (χ0) is 12.7. The molecule has 0 aliphatic heterocycles. The molecule has 1 unspecified atom stereocenters.